The first-order chi connectivity index (χ1) is 10.3. The molecule has 0 aliphatic heterocycles. The molecule has 2 heterocycles. The summed E-state index contributed by atoms with van der Waals surface area (Å²) in [7, 11) is 0. The minimum Gasteiger partial charge on any atom is -0.392 e. The molecule has 0 fully saturated rings. The molecular weight excluding hydrogens is 302 g/mol. The van der Waals surface area contributed by atoms with E-state index < -0.39 is 11.5 Å². The van der Waals surface area contributed by atoms with Crippen LogP contribution < -0.4 is 5.32 Å². The summed E-state index contributed by atoms with van der Waals surface area (Å²) >= 11 is 1.33. The van der Waals surface area contributed by atoms with Crippen LogP contribution in [0.1, 0.15) is 37.4 Å². The summed E-state index contributed by atoms with van der Waals surface area (Å²) < 4.78 is 1.46. The predicted molar refractivity (Wildman–Crippen MR) is 84.0 cm³/mol. The van der Waals surface area contributed by atoms with E-state index in [9.17, 15) is 9.90 Å². The van der Waals surface area contributed by atoms with Crippen LogP contribution in [0.5, 0.6) is 0 Å². The molecule has 1 atom stereocenters. The molecule has 2 aromatic heterocycles. The summed E-state index contributed by atoms with van der Waals surface area (Å²) in [5, 5.41) is 25.9. The lowest BCUT2D eigenvalue weighted by Gasteiger charge is -2.33. The number of nitrogens with zero attached hydrogens (tertiary/aromatic N) is 4. The van der Waals surface area contributed by atoms with Crippen LogP contribution in [-0.4, -0.2) is 43.9 Å². The number of nitrogens with one attached hydrogen (secondary N) is 1. The summed E-state index contributed by atoms with van der Waals surface area (Å²) in [6.45, 7) is 8.19. The van der Waals surface area contributed by atoms with Crippen molar-refractivity contribution in [1.82, 2.24) is 25.5 Å². The van der Waals surface area contributed by atoms with Crippen molar-refractivity contribution in [3.63, 3.8) is 0 Å². The van der Waals surface area contributed by atoms with Crippen LogP contribution in [0.25, 0.3) is 5.69 Å². The van der Waals surface area contributed by atoms with Crippen LogP contribution in [0.2, 0.25) is 0 Å². The third-order valence-electron chi connectivity index (χ3n) is 3.58. The van der Waals surface area contributed by atoms with Gasteiger partial charge in [0.1, 0.15) is 11.2 Å². The van der Waals surface area contributed by atoms with E-state index in [1.165, 1.54) is 22.3 Å². The van der Waals surface area contributed by atoms with Crippen LogP contribution >= 0.6 is 11.3 Å². The Bertz CT molecular complexity index is 621. The zero-order valence-electron chi connectivity index (χ0n) is 13.1. The van der Waals surface area contributed by atoms with Gasteiger partial charge in [0.25, 0.3) is 5.91 Å². The third-order valence-corrected chi connectivity index (χ3v) is 4.49. The average Bonchev–Trinajstić information content (AvgIpc) is 3.13. The van der Waals surface area contributed by atoms with Gasteiger partial charge in [-0.25, -0.2) is 0 Å². The Morgan fingerprint density at radius 3 is 2.82 bits per heavy atom. The molecule has 22 heavy (non-hydrogen) atoms. The van der Waals surface area contributed by atoms with Crippen molar-refractivity contribution in [2.75, 3.05) is 6.54 Å². The van der Waals surface area contributed by atoms with Crippen LogP contribution in [-0.2, 0) is 0 Å². The molecule has 7 nitrogen and oxygen atoms in total. The maximum absolute atomic E-state index is 12.4. The lowest BCUT2D eigenvalue weighted by molar-refractivity contribution is 0.0138. The Hall–Kier alpha value is -1.80. The molecule has 0 aliphatic carbocycles. The van der Waals surface area contributed by atoms with E-state index in [1.54, 1.807) is 6.07 Å². The fourth-order valence-electron chi connectivity index (χ4n) is 2.32. The molecule has 120 valence electrons. The Labute approximate surface area is 133 Å². The van der Waals surface area contributed by atoms with Crippen molar-refractivity contribution < 1.29 is 9.90 Å². The number of thiophene rings is 1. The number of carbonyl (C=O) groups is 1. The lowest BCUT2D eigenvalue weighted by atomic mass is 9.80. The number of aliphatic hydroxyl groups is 1. The molecular formula is C14H21N5O2S. The topological polar surface area (TPSA) is 92.9 Å². The van der Waals surface area contributed by atoms with Crippen LogP contribution in [0.3, 0.4) is 0 Å². The number of hydrogen-bond donors (Lipinski definition) is 2. The monoisotopic (exact) mass is 323 g/mol. The van der Waals surface area contributed by atoms with Gasteiger partial charge in [0, 0.05) is 12.0 Å². The quantitative estimate of drug-likeness (QED) is 0.840. The summed E-state index contributed by atoms with van der Waals surface area (Å²) in [5.74, 6) is -0.0602. The zero-order chi connectivity index (χ0) is 16.3. The Morgan fingerprint density at radius 2 is 2.23 bits per heavy atom. The zero-order valence-corrected chi connectivity index (χ0v) is 14.0. The van der Waals surface area contributed by atoms with Crippen molar-refractivity contribution in [2.45, 2.75) is 33.8 Å². The molecule has 0 saturated heterocycles. The van der Waals surface area contributed by atoms with Crippen molar-refractivity contribution in [3.8, 4) is 5.69 Å². The molecule has 2 N–H and O–H groups in total. The van der Waals surface area contributed by atoms with E-state index in [2.05, 4.69) is 20.8 Å². The number of aliphatic hydroxyl groups excluding tert-OH is 1. The lowest BCUT2D eigenvalue weighted by Crippen LogP contribution is -2.43. The molecule has 1 unspecified atom stereocenters. The molecule has 0 saturated carbocycles. The molecule has 0 aliphatic rings. The predicted octanol–water partition coefficient (Wildman–Crippen LogP) is 1.50. The highest BCUT2D eigenvalue weighted by Gasteiger charge is 2.31. The minimum absolute atomic E-state index is 0.130. The standard InChI is InChI=1S/C14H21N5O2S/c1-9(2)12(20)14(3,4)7-15-13(21)11-10(5-6-22-11)19-8-16-17-18-19/h5-6,8-9,12,20H,7H2,1-4H3,(H,15,21). The fraction of sp³-hybridized carbons (Fsp3) is 0.571. The normalized spacial score (nSPS) is 13.4. The first kappa shape index (κ1) is 16.6. The van der Waals surface area contributed by atoms with Gasteiger partial charge < -0.3 is 10.4 Å². The molecule has 0 spiro atoms. The van der Waals surface area contributed by atoms with E-state index in [-0.39, 0.29) is 11.8 Å². The first-order valence-electron chi connectivity index (χ1n) is 7.10. The van der Waals surface area contributed by atoms with Crippen LogP contribution in [0.15, 0.2) is 17.8 Å². The second kappa shape index (κ2) is 6.53. The SMILES string of the molecule is CC(C)C(O)C(C)(C)CNC(=O)c1sccc1-n1cnnn1. The maximum Gasteiger partial charge on any atom is 0.263 e. The third kappa shape index (κ3) is 3.50. The fourth-order valence-corrected chi connectivity index (χ4v) is 3.11. The summed E-state index contributed by atoms with van der Waals surface area (Å²) in [5.41, 5.74) is 0.241. The second-order valence-corrected chi connectivity index (χ2v) is 7.17. The highest BCUT2D eigenvalue weighted by Crippen LogP contribution is 2.26. The van der Waals surface area contributed by atoms with Gasteiger partial charge in [0.05, 0.1) is 11.8 Å². The highest BCUT2D eigenvalue weighted by molar-refractivity contribution is 7.12. The van der Waals surface area contributed by atoms with Gasteiger partial charge in [-0.15, -0.1) is 16.4 Å². The van der Waals surface area contributed by atoms with Gasteiger partial charge in [-0.1, -0.05) is 27.7 Å². The number of aromatic nitrogens is 4. The smallest absolute Gasteiger partial charge is 0.263 e. The number of carbonyl (C=O) groups excluding carboxylic acids is 1. The van der Waals surface area contributed by atoms with E-state index in [0.29, 0.717) is 17.1 Å². The number of tetrazole rings is 1. The van der Waals surface area contributed by atoms with Crippen molar-refractivity contribution in [2.24, 2.45) is 11.3 Å². The number of rotatable bonds is 6. The largest absolute Gasteiger partial charge is 0.392 e. The van der Waals surface area contributed by atoms with E-state index in [1.807, 2.05) is 33.1 Å². The minimum atomic E-state index is -0.491. The number of amides is 1. The van der Waals surface area contributed by atoms with E-state index in [0.717, 1.165) is 0 Å². The first-order valence-corrected chi connectivity index (χ1v) is 7.98. The Balaban J connectivity index is 2.07. The molecule has 0 bridgehead atoms. The van der Waals surface area contributed by atoms with Crippen LogP contribution in [0, 0.1) is 11.3 Å². The van der Waals surface area contributed by atoms with Gasteiger partial charge in [-0.05, 0) is 27.8 Å². The van der Waals surface area contributed by atoms with Crippen molar-refractivity contribution in [1.29, 1.82) is 0 Å². The highest BCUT2D eigenvalue weighted by atomic mass is 32.1. The van der Waals surface area contributed by atoms with E-state index in [4.69, 9.17) is 0 Å². The Kier molecular flexibility index (Phi) is 4.92. The molecule has 2 rings (SSSR count). The molecule has 2 aromatic rings. The van der Waals surface area contributed by atoms with Gasteiger partial charge >= 0.3 is 0 Å². The van der Waals surface area contributed by atoms with E-state index >= 15 is 0 Å². The molecule has 0 aromatic carbocycles. The van der Waals surface area contributed by atoms with Gasteiger partial charge in [-0.2, -0.15) is 4.68 Å². The summed E-state index contributed by atoms with van der Waals surface area (Å²) in [6.07, 6.45) is 0.959. The second-order valence-electron chi connectivity index (χ2n) is 6.25. The Morgan fingerprint density at radius 1 is 1.50 bits per heavy atom. The molecule has 1 amide bonds. The summed E-state index contributed by atoms with van der Waals surface area (Å²) in [6, 6.07) is 1.80. The van der Waals surface area contributed by atoms with Gasteiger partial charge in [0.2, 0.25) is 0 Å². The summed E-state index contributed by atoms with van der Waals surface area (Å²) in [4.78, 5) is 12.9. The van der Waals surface area contributed by atoms with Gasteiger partial charge in [0.15, 0.2) is 0 Å². The maximum atomic E-state index is 12.4. The molecule has 0 radical (unpaired) electrons. The van der Waals surface area contributed by atoms with Crippen LogP contribution in [0.4, 0.5) is 0 Å². The molecule has 8 heteroatoms. The number of hydrogen-bond acceptors (Lipinski definition) is 6. The van der Waals surface area contributed by atoms with Crippen molar-refractivity contribution >= 4 is 17.2 Å². The van der Waals surface area contributed by atoms with Crippen molar-refractivity contribution in [3.05, 3.63) is 22.7 Å². The van der Waals surface area contributed by atoms with Gasteiger partial charge in [-0.3, -0.25) is 4.79 Å². The average molecular weight is 323 g/mol.